The van der Waals surface area contributed by atoms with Gasteiger partial charge in [0.15, 0.2) is 0 Å². The summed E-state index contributed by atoms with van der Waals surface area (Å²) in [5, 5.41) is 21.9. The second kappa shape index (κ2) is 6.09. The molecule has 0 aromatic carbocycles. The van der Waals surface area contributed by atoms with Crippen molar-refractivity contribution in [3.05, 3.63) is 11.6 Å². The Bertz CT molecular complexity index is 582. The van der Waals surface area contributed by atoms with Gasteiger partial charge in [-0.3, -0.25) is 4.79 Å². The van der Waals surface area contributed by atoms with E-state index in [4.69, 9.17) is 4.74 Å². The monoisotopic (exact) mass is 350 g/mol. The van der Waals surface area contributed by atoms with Gasteiger partial charge in [0.2, 0.25) is 0 Å². The van der Waals surface area contributed by atoms with Crippen LogP contribution in [0.5, 0.6) is 0 Å². The number of methoxy groups -OCH3 is 1. The molecule has 0 aromatic rings. The summed E-state index contributed by atoms with van der Waals surface area (Å²) in [7, 11) is 1.47. The van der Waals surface area contributed by atoms with Crippen LogP contribution < -0.4 is 0 Å². The number of rotatable bonds is 2. The van der Waals surface area contributed by atoms with Crippen LogP contribution in [-0.2, 0) is 9.53 Å². The van der Waals surface area contributed by atoms with Crippen LogP contribution in [0.1, 0.15) is 66.2 Å². The van der Waals surface area contributed by atoms with Crippen molar-refractivity contribution in [1.29, 1.82) is 0 Å². The molecule has 3 aliphatic carbocycles. The lowest BCUT2D eigenvalue weighted by Crippen LogP contribution is -2.58. The van der Waals surface area contributed by atoms with E-state index in [1.165, 1.54) is 7.11 Å². The number of fused-ring (bicyclic) bond motifs is 3. The number of hydrogen-bond acceptors (Lipinski definition) is 4. The summed E-state index contributed by atoms with van der Waals surface area (Å²) in [6, 6.07) is 0. The smallest absolute Gasteiger partial charge is 0.311 e. The standard InChI is InChI=1S/C21H34O4/c1-13(2)21(24)10-7-15-14(12-21)16(22)11-17-19(15,3)8-6-9-20(17,4)18(23)25-5/h12-13,15-17,22,24H,6-11H2,1-5H3/t15-,16+,17+,19+,20+,21+/m0/s1. The van der Waals surface area contributed by atoms with Crippen LogP contribution >= 0.6 is 0 Å². The Morgan fingerprint density at radius 1 is 1.28 bits per heavy atom. The van der Waals surface area contributed by atoms with Crippen LogP contribution in [-0.4, -0.2) is 35.0 Å². The minimum atomic E-state index is -0.823. The van der Waals surface area contributed by atoms with Crippen LogP contribution in [0.15, 0.2) is 11.6 Å². The van der Waals surface area contributed by atoms with Gasteiger partial charge in [0.05, 0.1) is 24.2 Å². The van der Waals surface area contributed by atoms with Crippen LogP contribution in [0, 0.1) is 28.6 Å². The summed E-state index contributed by atoms with van der Waals surface area (Å²) in [4.78, 5) is 12.6. The van der Waals surface area contributed by atoms with Crippen molar-refractivity contribution >= 4 is 5.97 Å². The van der Waals surface area contributed by atoms with E-state index in [-0.39, 0.29) is 29.1 Å². The quantitative estimate of drug-likeness (QED) is 0.591. The van der Waals surface area contributed by atoms with E-state index in [0.717, 1.165) is 37.7 Å². The molecule has 2 saturated carbocycles. The molecule has 6 atom stereocenters. The largest absolute Gasteiger partial charge is 0.469 e. The molecule has 0 amide bonds. The first kappa shape index (κ1) is 18.9. The van der Waals surface area contributed by atoms with Crippen LogP contribution in [0.25, 0.3) is 0 Å². The van der Waals surface area contributed by atoms with Gasteiger partial charge >= 0.3 is 5.97 Å². The van der Waals surface area contributed by atoms with Gasteiger partial charge in [0, 0.05) is 0 Å². The molecule has 0 radical (unpaired) electrons. The first-order valence-electron chi connectivity index (χ1n) is 9.80. The normalized spacial score (nSPS) is 46.9. The van der Waals surface area contributed by atoms with E-state index in [0.29, 0.717) is 6.42 Å². The Kier molecular flexibility index (Phi) is 4.61. The van der Waals surface area contributed by atoms with E-state index in [9.17, 15) is 15.0 Å². The summed E-state index contributed by atoms with van der Waals surface area (Å²) >= 11 is 0. The molecule has 3 rings (SSSR count). The summed E-state index contributed by atoms with van der Waals surface area (Å²) in [5.41, 5.74) is -0.365. The fourth-order valence-corrected chi connectivity index (χ4v) is 6.19. The summed E-state index contributed by atoms with van der Waals surface area (Å²) in [5.74, 6) is 0.344. The van der Waals surface area contributed by atoms with Crippen molar-refractivity contribution in [2.45, 2.75) is 77.9 Å². The van der Waals surface area contributed by atoms with E-state index in [1.54, 1.807) is 0 Å². The molecule has 0 bridgehead atoms. The maximum atomic E-state index is 12.6. The van der Waals surface area contributed by atoms with Crippen molar-refractivity contribution in [2.24, 2.45) is 28.6 Å². The SMILES string of the molecule is COC(=O)[C@]1(C)CCC[C@@]2(C)[C@H]1C[C@@H](O)C1=C[C@@](O)(C(C)C)CC[C@@H]12. The molecule has 2 N–H and O–H groups in total. The molecular weight excluding hydrogens is 316 g/mol. The number of hydrogen-bond donors (Lipinski definition) is 2. The third-order valence-corrected chi connectivity index (χ3v) is 7.92. The van der Waals surface area contributed by atoms with Crippen LogP contribution in [0.3, 0.4) is 0 Å². The lowest BCUT2D eigenvalue weighted by atomic mass is 9.45. The zero-order valence-electron chi connectivity index (χ0n) is 16.3. The number of ether oxygens (including phenoxy) is 1. The molecule has 0 unspecified atom stereocenters. The van der Waals surface area contributed by atoms with Gasteiger partial charge in [0.25, 0.3) is 0 Å². The average Bonchev–Trinajstić information content (AvgIpc) is 2.56. The maximum Gasteiger partial charge on any atom is 0.311 e. The summed E-state index contributed by atoms with van der Waals surface area (Å²) in [6.45, 7) is 8.38. The lowest BCUT2D eigenvalue weighted by molar-refractivity contribution is -0.172. The Labute approximate surface area is 151 Å². The molecule has 0 heterocycles. The fourth-order valence-electron chi connectivity index (χ4n) is 6.19. The Morgan fingerprint density at radius 3 is 2.56 bits per heavy atom. The first-order chi connectivity index (χ1) is 11.6. The number of aliphatic hydroxyl groups is 2. The number of carbonyl (C=O) groups is 1. The second-order valence-corrected chi connectivity index (χ2v) is 9.45. The van der Waals surface area contributed by atoms with Crippen molar-refractivity contribution < 1.29 is 19.7 Å². The van der Waals surface area contributed by atoms with Crippen molar-refractivity contribution in [1.82, 2.24) is 0 Å². The molecule has 0 aromatic heterocycles. The molecule has 3 aliphatic rings. The zero-order chi connectivity index (χ0) is 18.6. The van der Waals surface area contributed by atoms with Gasteiger partial charge in [0.1, 0.15) is 0 Å². The van der Waals surface area contributed by atoms with Gasteiger partial charge in [-0.05, 0) is 67.8 Å². The zero-order valence-corrected chi connectivity index (χ0v) is 16.3. The number of aliphatic hydroxyl groups excluding tert-OH is 1. The fraction of sp³-hybridized carbons (Fsp3) is 0.857. The molecule has 2 fully saturated rings. The minimum absolute atomic E-state index is 0.0233. The topological polar surface area (TPSA) is 66.8 Å². The second-order valence-electron chi connectivity index (χ2n) is 9.45. The maximum absolute atomic E-state index is 12.6. The van der Waals surface area contributed by atoms with E-state index < -0.39 is 17.1 Å². The van der Waals surface area contributed by atoms with Crippen molar-refractivity contribution in [3.63, 3.8) is 0 Å². The first-order valence-corrected chi connectivity index (χ1v) is 9.80. The number of carbonyl (C=O) groups excluding carboxylic acids is 1. The van der Waals surface area contributed by atoms with Crippen LogP contribution in [0.2, 0.25) is 0 Å². The molecular formula is C21H34O4. The lowest BCUT2D eigenvalue weighted by Gasteiger charge is -2.60. The Morgan fingerprint density at radius 2 is 1.96 bits per heavy atom. The number of esters is 1. The molecule has 142 valence electrons. The minimum Gasteiger partial charge on any atom is -0.469 e. The van der Waals surface area contributed by atoms with Gasteiger partial charge in [-0.1, -0.05) is 33.3 Å². The molecule has 4 heteroatoms. The van der Waals surface area contributed by atoms with Gasteiger partial charge in [-0.2, -0.15) is 0 Å². The highest BCUT2D eigenvalue weighted by molar-refractivity contribution is 5.77. The summed E-state index contributed by atoms with van der Waals surface area (Å²) < 4.78 is 5.15. The highest BCUT2D eigenvalue weighted by Crippen LogP contribution is 2.63. The average molecular weight is 350 g/mol. The molecule has 0 aliphatic heterocycles. The highest BCUT2D eigenvalue weighted by atomic mass is 16.5. The summed E-state index contributed by atoms with van der Waals surface area (Å²) in [6.07, 6.45) is 6.47. The van der Waals surface area contributed by atoms with Crippen molar-refractivity contribution in [3.8, 4) is 0 Å². The van der Waals surface area contributed by atoms with Gasteiger partial charge in [-0.25, -0.2) is 0 Å². The molecule has 0 spiro atoms. The predicted octanol–water partition coefficient (Wildman–Crippen LogP) is 3.46. The van der Waals surface area contributed by atoms with Crippen molar-refractivity contribution in [2.75, 3.05) is 7.11 Å². The third-order valence-electron chi connectivity index (χ3n) is 7.92. The van der Waals surface area contributed by atoms with E-state index in [1.807, 2.05) is 26.8 Å². The molecule has 4 nitrogen and oxygen atoms in total. The predicted molar refractivity (Wildman–Crippen MR) is 96.8 cm³/mol. The molecule has 0 saturated heterocycles. The van der Waals surface area contributed by atoms with Gasteiger partial charge < -0.3 is 14.9 Å². The van der Waals surface area contributed by atoms with Gasteiger partial charge in [-0.15, -0.1) is 0 Å². The molecule has 25 heavy (non-hydrogen) atoms. The van der Waals surface area contributed by atoms with E-state index >= 15 is 0 Å². The highest BCUT2D eigenvalue weighted by Gasteiger charge is 2.60. The Hall–Kier alpha value is -0.870. The van der Waals surface area contributed by atoms with Crippen LogP contribution in [0.4, 0.5) is 0 Å². The van der Waals surface area contributed by atoms with E-state index in [2.05, 4.69) is 6.92 Å². The third kappa shape index (κ3) is 2.68. The Balaban J connectivity index is 2.02.